The van der Waals surface area contributed by atoms with Gasteiger partial charge in [-0.1, -0.05) is 164 Å². The first-order valence-corrected chi connectivity index (χ1v) is 15.8. The summed E-state index contributed by atoms with van der Waals surface area (Å²) in [6, 6.07) is 27.5. The Bertz CT molecular complexity index is 1240. The highest BCUT2D eigenvalue weighted by molar-refractivity contribution is 6.07. The van der Waals surface area contributed by atoms with Crippen LogP contribution in [0.1, 0.15) is 115 Å². The number of benzene rings is 4. The molecule has 0 aliphatic carbocycles. The lowest BCUT2D eigenvalue weighted by Crippen LogP contribution is -2.01. The second kappa shape index (κ2) is 15.7. The van der Waals surface area contributed by atoms with Gasteiger partial charge >= 0.3 is 0 Å². The van der Waals surface area contributed by atoms with Gasteiger partial charge < -0.3 is 0 Å². The number of aryl methyl sites for hydroxylation is 1. The minimum absolute atomic E-state index is 1.20. The topological polar surface area (TPSA) is 0 Å². The minimum Gasteiger partial charge on any atom is -0.0654 e. The van der Waals surface area contributed by atoms with Gasteiger partial charge in [0.15, 0.2) is 0 Å². The van der Waals surface area contributed by atoms with Gasteiger partial charge in [-0.2, -0.15) is 0 Å². The van der Waals surface area contributed by atoms with Crippen molar-refractivity contribution in [2.45, 2.75) is 117 Å². The number of hydrogen-bond acceptors (Lipinski definition) is 0. The van der Waals surface area contributed by atoms with Crippen molar-refractivity contribution in [3.05, 3.63) is 83.9 Å². The molecule has 0 heteroatoms. The molecule has 0 fully saturated rings. The second-order valence-electron chi connectivity index (χ2n) is 11.4. The third-order valence-electron chi connectivity index (χ3n) is 8.39. The van der Waals surface area contributed by atoms with Crippen molar-refractivity contribution in [3.8, 4) is 11.1 Å². The van der Waals surface area contributed by atoms with Crippen molar-refractivity contribution in [2.24, 2.45) is 0 Å². The fourth-order valence-corrected chi connectivity index (χ4v) is 6.24. The number of unbranched alkanes of at least 4 members (excludes halogenated alkanes) is 12. The molecule has 4 rings (SSSR count). The molecule has 0 saturated heterocycles. The molecule has 0 amide bonds. The summed E-state index contributed by atoms with van der Waals surface area (Å²) in [5.74, 6) is 0. The summed E-state index contributed by atoms with van der Waals surface area (Å²) in [6.45, 7) is 4.61. The quantitative estimate of drug-likeness (QED) is 0.125. The van der Waals surface area contributed by atoms with Crippen LogP contribution in [0.15, 0.2) is 72.8 Å². The number of hydrogen-bond donors (Lipinski definition) is 0. The van der Waals surface area contributed by atoms with Crippen molar-refractivity contribution >= 4 is 21.5 Å². The standard InChI is InChI=1S/C38H50/c1-3-5-7-9-11-13-15-23-32-30-33-24-18-20-28-36(33)38(35(32)27-16-14-12-10-8-6-4-2)37-29-21-25-31-22-17-19-26-34(31)37/h17-22,24-26,28-30H,3-16,23,27H2,1-2H3. The molecular weight excluding hydrogens is 456 g/mol. The Morgan fingerprint density at radius 1 is 0.447 bits per heavy atom. The normalized spacial score (nSPS) is 11.5. The minimum atomic E-state index is 1.20. The van der Waals surface area contributed by atoms with Crippen molar-refractivity contribution in [1.82, 2.24) is 0 Å². The highest BCUT2D eigenvalue weighted by atomic mass is 14.2. The van der Waals surface area contributed by atoms with Gasteiger partial charge in [-0.15, -0.1) is 0 Å². The van der Waals surface area contributed by atoms with Crippen molar-refractivity contribution in [1.29, 1.82) is 0 Å². The predicted molar refractivity (Wildman–Crippen MR) is 170 cm³/mol. The van der Waals surface area contributed by atoms with Crippen LogP contribution in [0.25, 0.3) is 32.7 Å². The van der Waals surface area contributed by atoms with E-state index >= 15 is 0 Å². The van der Waals surface area contributed by atoms with E-state index in [-0.39, 0.29) is 0 Å². The Labute approximate surface area is 232 Å². The Morgan fingerprint density at radius 2 is 0.974 bits per heavy atom. The molecule has 0 spiro atoms. The van der Waals surface area contributed by atoms with Gasteiger partial charge in [0.05, 0.1) is 0 Å². The van der Waals surface area contributed by atoms with E-state index in [1.807, 2.05) is 0 Å². The molecule has 202 valence electrons. The lowest BCUT2D eigenvalue weighted by atomic mass is 9.84. The molecule has 4 aromatic rings. The average molecular weight is 507 g/mol. The van der Waals surface area contributed by atoms with Crippen molar-refractivity contribution in [3.63, 3.8) is 0 Å². The zero-order valence-electron chi connectivity index (χ0n) is 24.2. The zero-order valence-corrected chi connectivity index (χ0v) is 24.2. The first-order valence-electron chi connectivity index (χ1n) is 15.8. The van der Waals surface area contributed by atoms with E-state index in [2.05, 4.69) is 86.6 Å². The summed E-state index contributed by atoms with van der Waals surface area (Å²) in [7, 11) is 0. The number of fused-ring (bicyclic) bond motifs is 2. The molecule has 0 saturated carbocycles. The van der Waals surface area contributed by atoms with Crippen molar-refractivity contribution < 1.29 is 0 Å². The van der Waals surface area contributed by atoms with Gasteiger partial charge in [0, 0.05) is 0 Å². The molecule has 0 nitrogen and oxygen atoms in total. The molecule has 0 aliphatic heterocycles. The van der Waals surface area contributed by atoms with Crippen LogP contribution in [-0.2, 0) is 12.8 Å². The summed E-state index contributed by atoms with van der Waals surface area (Å²) >= 11 is 0. The highest BCUT2D eigenvalue weighted by Gasteiger charge is 2.17. The number of rotatable bonds is 17. The van der Waals surface area contributed by atoms with Gasteiger partial charge in [0.25, 0.3) is 0 Å². The van der Waals surface area contributed by atoms with Gasteiger partial charge in [0.2, 0.25) is 0 Å². The molecule has 0 aromatic heterocycles. The fourth-order valence-electron chi connectivity index (χ4n) is 6.24. The van der Waals surface area contributed by atoms with Crippen LogP contribution in [0, 0.1) is 0 Å². The summed E-state index contributed by atoms with van der Waals surface area (Å²) in [5.41, 5.74) is 6.15. The average Bonchev–Trinajstić information content (AvgIpc) is 2.96. The summed E-state index contributed by atoms with van der Waals surface area (Å²) < 4.78 is 0. The fraction of sp³-hybridized carbons (Fsp3) is 0.474. The summed E-state index contributed by atoms with van der Waals surface area (Å²) in [5, 5.41) is 5.55. The van der Waals surface area contributed by atoms with E-state index in [9.17, 15) is 0 Å². The summed E-state index contributed by atoms with van der Waals surface area (Å²) in [4.78, 5) is 0. The Morgan fingerprint density at radius 3 is 1.66 bits per heavy atom. The van der Waals surface area contributed by atoms with Crippen LogP contribution >= 0.6 is 0 Å². The SMILES string of the molecule is CCCCCCCCCc1cc2ccccc2c(-c2cccc3ccccc23)c1CCCCCCCCC. The van der Waals surface area contributed by atoms with Crippen LogP contribution in [0.2, 0.25) is 0 Å². The molecule has 0 radical (unpaired) electrons. The van der Waals surface area contributed by atoms with E-state index in [1.54, 1.807) is 11.1 Å². The zero-order chi connectivity index (χ0) is 26.4. The maximum atomic E-state index is 2.54. The largest absolute Gasteiger partial charge is 0.0654 e. The van der Waals surface area contributed by atoms with Crippen LogP contribution in [0.3, 0.4) is 0 Å². The Kier molecular flexibility index (Phi) is 11.8. The molecular formula is C38H50. The molecule has 38 heavy (non-hydrogen) atoms. The van der Waals surface area contributed by atoms with E-state index in [0.29, 0.717) is 0 Å². The smallest absolute Gasteiger partial charge is 0.00643 e. The van der Waals surface area contributed by atoms with E-state index in [4.69, 9.17) is 0 Å². The second-order valence-corrected chi connectivity index (χ2v) is 11.4. The van der Waals surface area contributed by atoms with Gasteiger partial charge in [-0.25, -0.2) is 0 Å². The van der Waals surface area contributed by atoms with Gasteiger partial charge in [-0.3, -0.25) is 0 Å². The van der Waals surface area contributed by atoms with Crippen molar-refractivity contribution in [2.75, 3.05) is 0 Å². The van der Waals surface area contributed by atoms with Gasteiger partial charge in [0.1, 0.15) is 0 Å². The van der Waals surface area contributed by atoms with E-state index in [0.717, 1.165) is 0 Å². The predicted octanol–water partition coefficient (Wildman–Crippen LogP) is 12.2. The lowest BCUT2D eigenvalue weighted by molar-refractivity contribution is 0.583. The summed E-state index contributed by atoms with van der Waals surface area (Å²) in [6.07, 6.45) is 21.5. The third-order valence-corrected chi connectivity index (χ3v) is 8.39. The van der Waals surface area contributed by atoms with E-state index < -0.39 is 0 Å². The van der Waals surface area contributed by atoms with Gasteiger partial charge in [-0.05, 0) is 69.5 Å². The molecule has 0 aliphatic rings. The molecule has 0 N–H and O–H groups in total. The molecule has 0 heterocycles. The maximum Gasteiger partial charge on any atom is -0.00643 e. The monoisotopic (exact) mass is 506 g/mol. The first-order chi connectivity index (χ1) is 18.8. The van der Waals surface area contributed by atoms with Crippen LogP contribution < -0.4 is 0 Å². The van der Waals surface area contributed by atoms with Crippen LogP contribution in [0.5, 0.6) is 0 Å². The molecule has 0 bridgehead atoms. The van der Waals surface area contributed by atoms with Crippen LogP contribution in [-0.4, -0.2) is 0 Å². The molecule has 0 atom stereocenters. The maximum absolute atomic E-state index is 2.54. The highest BCUT2D eigenvalue weighted by Crippen LogP contribution is 2.39. The molecule has 0 unspecified atom stereocenters. The van der Waals surface area contributed by atoms with E-state index in [1.165, 1.54) is 135 Å². The first kappa shape index (κ1) is 28.4. The molecule has 4 aromatic carbocycles. The van der Waals surface area contributed by atoms with Crippen LogP contribution in [0.4, 0.5) is 0 Å². The lowest BCUT2D eigenvalue weighted by Gasteiger charge is -2.20. The Hall–Kier alpha value is -2.60. The Balaban J connectivity index is 1.65. The third kappa shape index (κ3) is 7.72.